The van der Waals surface area contributed by atoms with Crippen LogP contribution in [-0.4, -0.2) is 28.9 Å². The summed E-state index contributed by atoms with van der Waals surface area (Å²) in [6, 6.07) is 0. The molecule has 0 bridgehead atoms. The summed E-state index contributed by atoms with van der Waals surface area (Å²) < 4.78 is 0. The maximum Gasteiger partial charge on any atom is 0.331 e. The van der Waals surface area contributed by atoms with Gasteiger partial charge in [-0.2, -0.15) is 0 Å². The molecule has 0 aromatic carbocycles. The van der Waals surface area contributed by atoms with Crippen LogP contribution in [0.3, 0.4) is 0 Å². The van der Waals surface area contributed by atoms with Gasteiger partial charge >= 0.3 is 5.97 Å². The predicted octanol–water partition coefficient (Wildman–Crippen LogP) is 0.267. The van der Waals surface area contributed by atoms with Crippen LogP contribution in [0, 0.1) is 0 Å². The fourth-order valence-electron chi connectivity index (χ4n) is 1.36. The van der Waals surface area contributed by atoms with Crippen LogP contribution in [-0.2, 0) is 9.59 Å². The molecule has 0 saturated carbocycles. The lowest BCUT2D eigenvalue weighted by Gasteiger charge is -2.22. The zero-order valence-corrected chi connectivity index (χ0v) is 9.16. The smallest absolute Gasteiger partial charge is 0.331 e. The molecule has 5 N–H and O–H groups in total. The van der Waals surface area contributed by atoms with Gasteiger partial charge < -0.3 is 16.6 Å². The van der Waals surface area contributed by atoms with Crippen LogP contribution in [0.2, 0.25) is 0 Å². The van der Waals surface area contributed by atoms with E-state index in [1.54, 1.807) is 0 Å². The monoisotopic (exact) mass is 216 g/mol. The van der Waals surface area contributed by atoms with Crippen molar-refractivity contribution >= 4 is 11.8 Å². The minimum absolute atomic E-state index is 0.165. The summed E-state index contributed by atoms with van der Waals surface area (Å²) >= 11 is 0. The Kier molecular flexibility index (Phi) is 6.12. The summed E-state index contributed by atoms with van der Waals surface area (Å²) in [6.45, 7) is 2.30. The number of unbranched alkanes of at least 4 members (excludes halogenated alkanes) is 1. The number of carbonyl (C=O) groups excluding carboxylic acids is 1. The van der Waals surface area contributed by atoms with E-state index in [4.69, 9.17) is 16.6 Å². The molecule has 1 atom stereocenters. The standard InChI is InChI=1S/C10H20N2O3/c1-2-5-8(13)10(12,9(14)15)6-3-4-7-11/h2-7,11-12H2,1H3,(H,14,15). The molecule has 0 aliphatic rings. The van der Waals surface area contributed by atoms with Crippen LogP contribution in [0.25, 0.3) is 0 Å². The summed E-state index contributed by atoms with van der Waals surface area (Å²) in [5, 5.41) is 8.95. The molecule has 0 fully saturated rings. The molecule has 0 radical (unpaired) electrons. The average Bonchev–Trinajstić information content (AvgIpc) is 2.18. The van der Waals surface area contributed by atoms with Gasteiger partial charge in [0.25, 0.3) is 0 Å². The predicted molar refractivity (Wildman–Crippen MR) is 57.4 cm³/mol. The number of hydrogen-bond donors (Lipinski definition) is 3. The molecule has 0 amide bonds. The number of aliphatic carboxylic acids is 1. The summed E-state index contributed by atoms with van der Waals surface area (Å²) in [5.74, 6) is -1.63. The van der Waals surface area contributed by atoms with Crippen LogP contribution >= 0.6 is 0 Å². The Morgan fingerprint density at radius 1 is 1.33 bits per heavy atom. The molecule has 88 valence electrons. The maximum atomic E-state index is 11.6. The number of carboxylic acid groups (broad SMARTS) is 1. The molecule has 0 rings (SSSR count). The van der Waals surface area contributed by atoms with Crippen LogP contribution in [0.1, 0.15) is 39.0 Å². The summed E-state index contributed by atoms with van der Waals surface area (Å²) in [5.41, 5.74) is 9.20. The quantitative estimate of drug-likeness (QED) is 0.399. The van der Waals surface area contributed by atoms with Crippen molar-refractivity contribution in [1.82, 2.24) is 0 Å². The first-order valence-electron chi connectivity index (χ1n) is 5.24. The second kappa shape index (κ2) is 6.53. The topological polar surface area (TPSA) is 106 Å². The summed E-state index contributed by atoms with van der Waals surface area (Å²) in [4.78, 5) is 22.5. The number of carbonyl (C=O) groups is 2. The molecule has 0 spiro atoms. The van der Waals surface area contributed by atoms with Gasteiger partial charge in [-0.25, -0.2) is 4.79 Å². The molecular weight excluding hydrogens is 196 g/mol. The van der Waals surface area contributed by atoms with Gasteiger partial charge in [0.2, 0.25) is 0 Å². The van der Waals surface area contributed by atoms with Crippen molar-refractivity contribution in [2.45, 2.75) is 44.6 Å². The van der Waals surface area contributed by atoms with Crippen LogP contribution in [0.4, 0.5) is 0 Å². The minimum atomic E-state index is -1.72. The maximum absolute atomic E-state index is 11.6. The van der Waals surface area contributed by atoms with E-state index in [0.29, 0.717) is 25.8 Å². The molecule has 0 heterocycles. The molecule has 0 aromatic rings. The van der Waals surface area contributed by atoms with E-state index in [0.717, 1.165) is 0 Å². The highest BCUT2D eigenvalue weighted by atomic mass is 16.4. The molecular formula is C10H20N2O3. The second-order valence-corrected chi connectivity index (χ2v) is 3.70. The third-order valence-electron chi connectivity index (χ3n) is 2.38. The van der Waals surface area contributed by atoms with Crippen molar-refractivity contribution in [2.24, 2.45) is 11.5 Å². The Hall–Kier alpha value is -0.940. The van der Waals surface area contributed by atoms with Gasteiger partial charge in [0.15, 0.2) is 11.3 Å². The molecule has 1 unspecified atom stereocenters. The van der Waals surface area contributed by atoms with E-state index in [1.807, 2.05) is 6.92 Å². The number of rotatable bonds is 8. The van der Waals surface area contributed by atoms with E-state index in [9.17, 15) is 9.59 Å². The third kappa shape index (κ3) is 3.97. The van der Waals surface area contributed by atoms with E-state index in [1.165, 1.54) is 0 Å². The van der Waals surface area contributed by atoms with E-state index < -0.39 is 17.3 Å². The van der Waals surface area contributed by atoms with Gasteiger partial charge in [0, 0.05) is 6.42 Å². The molecule has 0 saturated heterocycles. The Morgan fingerprint density at radius 3 is 2.33 bits per heavy atom. The molecule has 0 aliphatic carbocycles. The lowest BCUT2D eigenvalue weighted by atomic mass is 9.87. The Labute approximate surface area is 89.8 Å². The number of hydrogen-bond acceptors (Lipinski definition) is 4. The van der Waals surface area contributed by atoms with Crippen molar-refractivity contribution in [3.8, 4) is 0 Å². The fourth-order valence-corrected chi connectivity index (χ4v) is 1.36. The summed E-state index contributed by atoms with van der Waals surface area (Å²) in [6.07, 6.45) is 2.24. The largest absolute Gasteiger partial charge is 0.480 e. The number of nitrogens with two attached hydrogens (primary N) is 2. The summed E-state index contributed by atoms with van der Waals surface area (Å²) in [7, 11) is 0. The highest BCUT2D eigenvalue weighted by Gasteiger charge is 2.40. The third-order valence-corrected chi connectivity index (χ3v) is 2.38. The van der Waals surface area contributed by atoms with Crippen molar-refractivity contribution in [3.63, 3.8) is 0 Å². The lowest BCUT2D eigenvalue weighted by molar-refractivity contribution is -0.148. The average molecular weight is 216 g/mol. The molecule has 0 aliphatic heterocycles. The van der Waals surface area contributed by atoms with Crippen LogP contribution in [0.15, 0.2) is 0 Å². The van der Waals surface area contributed by atoms with Gasteiger partial charge in [-0.1, -0.05) is 6.92 Å². The Bertz CT molecular complexity index is 231. The highest BCUT2D eigenvalue weighted by molar-refractivity contribution is 6.07. The fraction of sp³-hybridized carbons (Fsp3) is 0.800. The van der Waals surface area contributed by atoms with Crippen molar-refractivity contribution in [1.29, 1.82) is 0 Å². The minimum Gasteiger partial charge on any atom is -0.480 e. The zero-order chi connectivity index (χ0) is 11.9. The van der Waals surface area contributed by atoms with Gasteiger partial charge in [0.1, 0.15) is 0 Å². The van der Waals surface area contributed by atoms with Crippen molar-refractivity contribution in [2.75, 3.05) is 6.54 Å². The van der Waals surface area contributed by atoms with Gasteiger partial charge in [-0.3, -0.25) is 4.79 Å². The molecule has 0 aromatic heterocycles. The van der Waals surface area contributed by atoms with Gasteiger partial charge in [-0.15, -0.1) is 0 Å². The Balaban J connectivity index is 4.44. The molecule has 5 heteroatoms. The van der Waals surface area contributed by atoms with Gasteiger partial charge in [0.05, 0.1) is 0 Å². The van der Waals surface area contributed by atoms with Crippen LogP contribution < -0.4 is 11.5 Å². The van der Waals surface area contributed by atoms with E-state index in [2.05, 4.69) is 0 Å². The molecule has 15 heavy (non-hydrogen) atoms. The second-order valence-electron chi connectivity index (χ2n) is 3.70. The molecule has 5 nitrogen and oxygen atoms in total. The normalized spacial score (nSPS) is 14.6. The van der Waals surface area contributed by atoms with Crippen molar-refractivity contribution < 1.29 is 14.7 Å². The number of ketones is 1. The number of carboxylic acids is 1. The lowest BCUT2D eigenvalue weighted by Crippen LogP contribution is -2.54. The van der Waals surface area contributed by atoms with E-state index >= 15 is 0 Å². The number of Topliss-reactive ketones (excluding diaryl/α,β-unsaturated/α-hetero) is 1. The van der Waals surface area contributed by atoms with Gasteiger partial charge in [-0.05, 0) is 32.2 Å². The SMILES string of the molecule is CCCC(=O)C(N)(CCCCN)C(=O)O. The first-order valence-corrected chi connectivity index (χ1v) is 5.24. The van der Waals surface area contributed by atoms with Crippen molar-refractivity contribution in [3.05, 3.63) is 0 Å². The Morgan fingerprint density at radius 2 is 1.93 bits per heavy atom. The first kappa shape index (κ1) is 14.1. The highest BCUT2D eigenvalue weighted by Crippen LogP contribution is 2.15. The zero-order valence-electron chi connectivity index (χ0n) is 9.16. The first-order chi connectivity index (χ1) is 6.99. The van der Waals surface area contributed by atoms with Crippen LogP contribution in [0.5, 0.6) is 0 Å². The van der Waals surface area contributed by atoms with E-state index in [-0.39, 0.29) is 12.8 Å².